The third-order valence-corrected chi connectivity index (χ3v) is 7.39. The fraction of sp³-hybridized carbons (Fsp3) is 0.312. The van der Waals surface area contributed by atoms with Crippen molar-refractivity contribution >= 4 is 39.2 Å². The van der Waals surface area contributed by atoms with E-state index < -0.39 is 0 Å². The maximum absolute atomic E-state index is 6.75. The van der Waals surface area contributed by atoms with E-state index in [1.807, 2.05) is 18.2 Å². The Morgan fingerprint density at radius 3 is 2.49 bits per heavy atom. The molecule has 37 heavy (non-hydrogen) atoms. The van der Waals surface area contributed by atoms with Crippen LogP contribution in [0.5, 0.6) is 0 Å². The molecule has 2 aromatic heterocycles. The van der Waals surface area contributed by atoms with Gasteiger partial charge >= 0.3 is 0 Å². The normalized spacial score (nSPS) is 12.3. The van der Waals surface area contributed by atoms with E-state index in [-0.39, 0.29) is 0 Å². The van der Waals surface area contributed by atoms with Crippen LogP contribution in [0, 0.1) is 6.92 Å². The van der Waals surface area contributed by atoms with Crippen molar-refractivity contribution in [1.29, 1.82) is 0 Å². The van der Waals surface area contributed by atoms with Crippen molar-refractivity contribution in [3.63, 3.8) is 0 Å². The Labute approximate surface area is 224 Å². The summed E-state index contributed by atoms with van der Waals surface area (Å²) in [6.07, 6.45) is 8.33. The first-order chi connectivity index (χ1) is 18.0. The summed E-state index contributed by atoms with van der Waals surface area (Å²) in [7, 11) is 0. The van der Waals surface area contributed by atoms with Crippen molar-refractivity contribution in [2.24, 2.45) is 0 Å². The van der Waals surface area contributed by atoms with E-state index in [9.17, 15) is 0 Å². The molecule has 4 nitrogen and oxygen atoms in total. The predicted molar refractivity (Wildman–Crippen MR) is 158 cm³/mol. The van der Waals surface area contributed by atoms with Crippen LogP contribution < -0.4 is 5.32 Å². The van der Waals surface area contributed by atoms with Crippen molar-refractivity contribution in [1.82, 2.24) is 14.5 Å². The highest BCUT2D eigenvalue weighted by Crippen LogP contribution is 2.36. The molecule has 0 spiro atoms. The molecule has 1 N–H and O–H groups in total. The first-order valence-corrected chi connectivity index (χ1v) is 13.8. The number of rotatable bonds is 10. The zero-order chi connectivity index (χ0) is 25.8. The Morgan fingerprint density at radius 1 is 0.892 bits per heavy atom. The summed E-state index contributed by atoms with van der Waals surface area (Å²) < 4.78 is 2.22. The number of hydrogen-bond acceptors (Lipinski definition) is 3. The lowest BCUT2D eigenvalue weighted by Gasteiger charge is -2.17. The molecule has 0 bridgehead atoms. The third-order valence-electron chi connectivity index (χ3n) is 7.09. The van der Waals surface area contributed by atoms with Gasteiger partial charge in [0.25, 0.3) is 0 Å². The summed E-state index contributed by atoms with van der Waals surface area (Å²) >= 11 is 6.75. The van der Waals surface area contributed by atoms with Crippen molar-refractivity contribution < 1.29 is 0 Å². The molecule has 0 saturated heterocycles. The van der Waals surface area contributed by atoms with Crippen LogP contribution in [0.4, 0.5) is 5.82 Å². The SMILES string of the molecule is CCCCCCC(C)Nc1nc(-c2cn(Cc3ccccc3)c3c(Cl)cccc23)nc2c(C)cccc12. The van der Waals surface area contributed by atoms with Crippen LogP contribution in [0.3, 0.4) is 0 Å². The molecule has 2 heterocycles. The fourth-order valence-corrected chi connectivity index (χ4v) is 5.39. The molecule has 190 valence electrons. The van der Waals surface area contributed by atoms with Crippen molar-refractivity contribution in [3.05, 3.63) is 89.1 Å². The number of aryl methyl sites for hydroxylation is 1. The molecule has 5 heteroatoms. The standard InChI is InChI=1S/C32H35ClN4/c1-4-5-6-8-14-23(3)34-31-26-18-11-13-22(2)29(26)35-32(36-31)27-21-37(20-24-15-9-7-10-16-24)30-25(27)17-12-19-28(30)33/h7,9-13,15-19,21,23H,4-6,8,14,20H2,1-3H3,(H,34,35,36). The summed E-state index contributed by atoms with van der Waals surface area (Å²) in [5.74, 6) is 1.62. The van der Waals surface area contributed by atoms with Gasteiger partial charge in [-0.25, -0.2) is 9.97 Å². The molecule has 1 unspecified atom stereocenters. The van der Waals surface area contributed by atoms with Crippen LogP contribution in [0.15, 0.2) is 72.9 Å². The number of para-hydroxylation sites is 2. The smallest absolute Gasteiger partial charge is 0.164 e. The van der Waals surface area contributed by atoms with Crippen molar-refractivity contribution in [2.75, 3.05) is 5.32 Å². The summed E-state index contributed by atoms with van der Waals surface area (Å²) in [6, 6.07) is 23.2. The first-order valence-electron chi connectivity index (χ1n) is 13.4. The van der Waals surface area contributed by atoms with Crippen molar-refractivity contribution in [3.8, 4) is 11.4 Å². The maximum atomic E-state index is 6.75. The second-order valence-electron chi connectivity index (χ2n) is 10.1. The van der Waals surface area contributed by atoms with E-state index in [1.54, 1.807) is 0 Å². The Morgan fingerprint density at radius 2 is 1.68 bits per heavy atom. The highest BCUT2D eigenvalue weighted by molar-refractivity contribution is 6.35. The van der Waals surface area contributed by atoms with E-state index >= 15 is 0 Å². The number of unbranched alkanes of at least 4 members (excludes halogenated alkanes) is 3. The second-order valence-corrected chi connectivity index (χ2v) is 10.5. The quantitative estimate of drug-likeness (QED) is 0.190. The number of anilines is 1. The molecule has 0 fully saturated rings. The zero-order valence-electron chi connectivity index (χ0n) is 22.0. The number of halogens is 1. The van der Waals surface area contributed by atoms with Crippen molar-refractivity contribution in [2.45, 2.75) is 65.5 Å². The molecule has 5 rings (SSSR count). The van der Waals surface area contributed by atoms with Crippen LogP contribution >= 0.6 is 11.6 Å². The number of fused-ring (bicyclic) bond motifs is 2. The fourth-order valence-electron chi connectivity index (χ4n) is 5.11. The van der Waals surface area contributed by atoms with Gasteiger partial charge in [0.05, 0.1) is 16.1 Å². The Hall–Kier alpha value is -3.37. The number of hydrogen-bond donors (Lipinski definition) is 1. The van der Waals surface area contributed by atoms with Crippen LogP contribution in [-0.4, -0.2) is 20.6 Å². The zero-order valence-corrected chi connectivity index (χ0v) is 22.7. The molecule has 0 amide bonds. The second kappa shape index (κ2) is 11.4. The van der Waals surface area contributed by atoms with E-state index in [0.29, 0.717) is 6.04 Å². The van der Waals surface area contributed by atoms with Gasteiger partial charge in [0.15, 0.2) is 5.82 Å². The van der Waals surface area contributed by atoms with Gasteiger partial charge in [-0.1, -0.05) is 98.8 Å². The van der Waals surface area contributed by atoms with Crippen LogP contribution in [0.1, 0.15) is 57.1 Å². The van der Waals surface area contributed by atoms with Gasteiger partial charge in [0, 0.05) is 35.1 Å². The first kappa shape index (κ1) is 25.3. The number of benzene rings is 3. The van der Waals surface area contributed by atoms with Gasteiger partial charge in [0.2, 0.25) is 0 Å². The third kappa shape index (κ3) is 5.50. The minimum atomic E-state index is 0.331. The van der Waals surface area contributed by atoms with Gasteiger partial charge in [-0.3, -0.25) is 0 Å². The van der Waals surface area contributed by atoms with Gasteiger partial charge in [-0.05, 0) is 43.5 Å². The summed E-state index contributed by atoms with van der Waals surface area (Å²) in [5, 5.41) is 6.58. The van der Waals surface area contributed by atoms with Gasteiger partial charge in [0.1, 0.15) is 5.82 Å². The van der Waals surface area contributed by atoms with E-state index in [4.69, 9.17) is 21.6 Å². The number of aromatic nitrogens is 3. The monoisotopic (exact) mass is 510 g/mol. The number of nitrogens with one attached hydrogen (secondary N) is 1. The average molecular weight is 511 g/mol. The average Bonchev–Trinajstić information content (AvgIpc) is 3.27. The molecule has 0 radical (unpaired) electrons. The molecule has 0 aliphatic carbocycles. The molecule has 0 saturated carbocycles. The van der Waals surface area contributed by atoms with Gasteiger partial charge in [-0.15, -0.1) is 0 Å². The molecule has 3 aromatic carbocycles. The Balaban J connectivity index is 1.59. The van der Waals surface area contributed by atoms with Crippen LogP contribution in [0.2, 0.25) is 5.02 Å². The van der Waals surface area contributed by atoms with E-state index in [1.165, 1.54) is 31.2 Å². The molecular weight excluding hydrogens is 476 g/mol. The predicted octanol–water partition coefficient (Wildman–Crippen LogP) is 9.03. The van der Waals surface area contributed by atoms with E-state index in [0.717, 1.165) is 62.6 Å². The molecule has 1 atom stereocenters. The molecular formula is C32H35ClN4. The topological polar surface area (TPSA) is 42.7 Å². The summed E-state index contributed by atoms with van der Waals surface area (Å²) in [6.45, 7) is 7.35. The molecule has 0 aliphatic heterocycles. The van der Waals surface area contributed by atoms with Crippen LogP contribution in [-0.2, 0) is 6.54 Å². The highest BCUT2D eigenvalue weighted by atomic mass is 35.5. The lowest BCUT2D eigenvalue weighted by Crippen LogP contribution is -2.16. The minimum Gasteiger partial charge on any atom is -0.367 e. The highest BCUT2D eigenvalue weighted by Gasteiger charge is 2.18. The lowest BCUT2D eigenvalue weighted by atomic mass is 10.1. The number of nitrogens with zero attached hydrogens (tertiary/aromatic N) is 3. The minimum absolute atomic E-state index is 0.331. The summed E-state index contributed by atoms with van der Waals surface area (Å²) in [4.78, 5) is 10.2. The maximum Gasteiger partial charge on any atom is 0.164 e. The Bertz CT molecular complexity index is 1510. The Kier molecular flexibility index (Phi) is 7.76. The largest absolute Gasteiger partial charge is 0.367 e. The summed E-state index contributed by atoms with van der Waals surface area (Å²) in [5.41, 5.74) is 5.36. The molecule has 0 aliphatic rings. The van der Waals surface area contributed by atoms with Gasteiger partial charge in [-0.2, -0.15) is 0 Å². The molecule has 5 aromatic rings. The van der Waals surface area contributed by atoms with E-state index in [2.05, 4.69) is 85.4 Å². The van der Waals surface area contributed by atoms with Gasteiger partial charge < -0.3 is 9.88 Å². The van der Waals surface area contributed by atoms with Crippen LogP contribution in [0.25, 0.3) is 33.2 Å². The lowest BCUT2D eigenvalue weighted by molar-refractivity contribution is 0.593.